The summed E-state index contributed by atoms with van der Waals surface area (Å²) < 4.78 is 19.0. The van der Waals surface area contributed by atoms with Crippen LogP contribution in [0, 0.1) is 5.82 Å². The zero-order valence-corrected chi connectivity index (χ0v) is 12.8. The highest BCUT2D eigenvalue weighted by Gasteiger charge is 2.20. The molecular formula is C16H18ClFN2O. The first-order valence-corrected chi connectivity index (χ1v) is 7.21. The lowest BCUT2D eigenvalue weighted by Crippen LogP contribution is -2.24. The van der Waals surface area contributed by atoms with Gasteiger partial charge in [0.15, 0.2) is 0 Å². The molecule has 3 nitrogen and oxygen atoms in total. The Morgan fingerprint density at radius 2 is 2.14 bits per heavy atom. The van der Waals surface area contributed by atoms with E-state index in [4.69, 9.17) is 16.3 Å². The number of halogens is 2. The second-order valence-corrected chi connectivity index (χ2v) is 5.08. The summed E-state index contributed by atoms with van der Waals surface area (Å²) in [6, 6.07) is 5.99. The van der Waals surface area contributed by atoms with Gasteiger partial charge in [-0.1, -0.05) is 18.5 Å². The fraction of sp³-hybridized carbons (Fsp3) is 0.312. The van der Waals surface area contributed by atoms with Gasteiger partial charge in [0.05, 0.1) is 19.3 Å². The SMILES string of the molecule is CCCNC(c1cc(F)ccc1Cl)c1ccncc1OC. The molecule has 0 saturated heterocycles. The Morgan fingerprint density at radius 1 is 1.33 bits per heavy atom. The Labute approximate surface area is 129 Å². The number of methoxy groups -OCH3 is 1. The van der Waals surface area contributed by atoms with Gasteiger partial charge in [0.2, 0.25) is 0 Å². The molecule has 0 aliphatic carbocycles. The van der Waals surface area contributed by atoms with Crippen molar-refractivity contribution in [2.45, 2.75) is 19.4 Å². The zero-order chi connectivity index (χ0) is 15.2. The van der Waals surface area contributed by atoms with Crippen LogP contribution in [0.2, 0.25) is 5.02 Å². The van der Waals surface area contributed by atoms with Gasteiger partial charge in [-0.15, -0.1) is 0 Å². The summed E-state index contributed by atoms with van der Waals surface area (Å²) in [6.45, 7) is 2.85. The van der Waals surface area contributed by atoms with E-state index in [-0.39, 0.29) is 11.9 Å². The fourth-order valence-corrected chi connectivity index (χ4v) is 2.44. The number of rotatable bonds is 6. The molecule has 0 saturated carbocycles. The minimum absolute atomic E-state index is 0.244. The molecule has 1 atom stereocenters. The lowest BCUT2D eigenvalue weighted by Gasteiger charge is -2.22. The number of pyridine rings is 1. The quantitative estimate of drug-likeness (QED) is 0.876. The highest BCUT2D eigenvalue weighted by atomic mass is 35.5. The van der Waals surface area contributed by atoms with Gasteiger partial charge >= 0.3 is 0 Å². The molecule has 1 aromatic carbocycles. The van der Waals surface area contributed by atoms with Gasteiger partial charge in [-0.25, -0.2) is 4.39 Å². The Bertz CT molecular complexity index is 607. The summed E-state index contributed by atoms with van der Waals surface area (Å²) in [5.74, 6) is 0.331. The van der Waals surface area contributed by atoms with Crippen LogP contribution in [0.3, 0.4) is 0 Å². The van der Waals surface area contributed by atoms with Crippen molar-refractivity contribution < 1.29 is 9.13 Å². The van der Waals surface area contributed by atoms with Gasteiger partial charge < -0.3 is 10.1 Å². The van der Waals surface area contributed by atoms with Crippen LogP contribution in [0.5, 0.6) is 5.75 Å². The summed E-state index contributed by atoms with van der Waals surface area (Å²) in [5.41, 5.74) is 1.57. The molecule has 1 aromatic heterocycles. The second kappa shape index (κ2) is 7.38. The largest absolute Gasteiger partial charge is 0.495 e. The minimum Gasteiger partial charge on any atom is -0.495 e. The third-order valence-electron chi connectivity index (χ3n) is 3.21. The van der Waals surface area contributed by atoms with E-state index in [1.165, 1.54) is 12.1 Å². The first kappa shape index (κ1) is 15.7. The molecule has 5 heteroatoms. The molecule has 1 heterocycles. The normalized spacial score (nSPS) is 12.2. The molecule has 0 spiro atoms. The van der Waals surface area contributed by atoms with E-state index < -0.39 is 0 Å². The Hall–Kier alpha value is -1.65. The Kier molecular flexibility index (Phi) is 5.53. The van der Waals surface area contributed by atoms with Crippen molar-refractivity contribution in [3.05, 3.63) is 58.6 Å². The van der Waals surface area contributed by atoms with Crippen LogP contribution in [0.1, 0.15) is 30.5 Å². The van der Waals surface area contributed by atoms with Crippen LogP contribution in [-0.4, -0.2) is 18.6 Å². The fourth-order valence-electron chi connectivity index (χ4n) is 2.21. The first-order valence-electron chi connectivity index (χ1n) is 6.83. The smallest absolute Gasteiger partial charge is 0.142 e. The van der Waals surface area contributed by atoms with E-state index in [1.807, 2.05) is 6.07 Å². The molecule has 0 aliphatic rings. The van der Waals surface area contributed by atoms with Crippen molar-refractivity contribution >= 4 is 11.6 Å². The van der Waals surface area contributed by atoms with Crippen LogP contribution < -0.4 is 10.1 Å². The number of aromatic nitrogens is 1. The Balaban J connectivity index is 2.49. The van der Waals surface area contributed by atoms with Crippen molar-refractivity contribution in [3.8, 4) is 5.75 Å². The van der Waals surface area contributed by atoms with E-state index >= 15 is 0 Å². The summed E-state index contributed by atoms with van der Waals surface area (Å²) in [5, 5.41) is 3.90. The molecule has 0 aliphatic heterocycles. The van der Waals surface area contributed by atoms with Crippen LogP contribution in [0.15, 0.2) is 36.7 Å². The number of hydrogen-bond donors (Lipinski definition) is 1. The number of benzene rings is 1. The van der Waals surface area contributed by atoms with E-state index in [0.717, 1.165) is 18.5 Å². The summed E-state index contributed by atoms with van der Waals surface area (Å²) in [4.78, 5) is 4.05. The molecule has 0 fully saturated rings. The average molecular weight is 309 g/mol. The van der Waals surface area contributed by atoms with Crippen LogP contribution >= 0.6 is 11.6 Å². The van der Waals surface area contributed by atoms with Crippen LogP contribution in [-0.2, 0) is 0 Å². The minimum atomic E-state index is -0.314. The van der Waals surface area contributed by atoms with E-state index in [2.05, 4.69) is 17.2 Å². The molecule has 1 unspecified atom stereocenters. The summed E-state index contributed by atoms with van der Waals surface area (Å²) in [6.07, 6.45) is 4.28. The highest BCUT2D eigenvalue weighted by molar-refractivity contribution is 6.31. The molecule has 2 rings (SSSR count). The van der Waals surface area contributed by atoms with E-state index in [1.54, 1.807) is 25.6 Å². The molecule has 0 radical (unpaired) electrons. The second-order valence-electron chi connectivity index (χ2n) is 4.67. The van der Waals surface area contributed by atoms with Gasteiger partial charge in [-0.2, -0.15) is 0 Å². The van der Waals surface area contributed by atoms with Crippen molar-refractivity contribution in [2.75, 3.05) is 13.7 Å². The van der Waals surface area contributed by atoms with Gasteiger partial charge in [-0.3, -0.25) is 4.98 Å². The first-order chi connectivity index (χ1) is 10.2. The van der Waals surface area contributed by atoms with E-state index in [9.17, 15) is 4.39 Å². The average Bonchev–Trinajstić information content (AvgIpc) is 2.51. The number of nitrogens with zero attached hydrogens (tertiary/aromatic N) is 1. The van der Waals surface area contributed by atoms with Gasteiger partial charge in [0.1, 0.15) is 11.6 Å². The molecule has 1 N–H and O–H groups in total. The maximum atomic E-state index is 13.6. The standard InChI is InChI=1S/C16H18ClFN2O/c1-3-7-20-16(12-6-8-19-10-15(12)21-2)13-9-11(18)4-5-14(13)17/h4-6,8-10,16,20H,3,7H2,1-2H3. The molecular weight excluding hydrogens is 291 g/mol. The topological polar surface area (TPSA) is 34.2 Å². The van der Waals surface area contributed by atoms with Crippen molar-refractivity contribution in [1.29, 1.82) is 0 Å². The van der Waals surface area contributed by atoms with Gasteiger partial charge in [0.25, 0.3) is 0 Å². The highest BCUT2D eigenvalue weighted by Crippen LogP contribution is 2.33. The third-order valence-corrected chi connectivity index (χ3v) is 3.56. The molecule has 21 heavy (non-hydrogen) atoms. The predicted octanol–water partition coefficient (Wildman–Crippen LogP) is 3.97. The van der Waals surface area contributed by atoms with Crippen LogP contribution in [0.4, 0.5) is 4.39 Å². The lowest BCUT2D eigenvalue weighted by molar-refractivity contribution is 0.401. The van der Waals surface area contributed by atoms with Crippen molar-refractivity contribution in [1.82, 2.24) is 10.3 Å². The predicted molar refractivity (Wildman–Crippen MR) is 82.3 cm³/mol. The monoisotopic (exact) mass is 308 g/mol. The number of nitrogens with one attached hydrogen (secondary N) is 1. The molecule has 0 amide bonds. The molecule has 0 bridgehead atoms. The van der Waals surface area contributed by atoms with E-state index in [0.29, 0.717) is 16.3 Å². The van der Waals surface area contributed by atoms with Crippen LogP contribution in [0.25, 0.3) is 0 Å². The van der Waals surface area contributed by atoms with Gasteiger partial charge in [0, 0.05) is 16.8 Å². The number of ether oxygens (including phenoxy) is 1. The number of hydrogen-bond acceptors (Lipinski definition) is 3. The molecule has 2 aromatic rings. The third kappa shape index (κ3) is 3.71. The Morgan fingerprint density at radius 3 is 2.86 bits per heavy atom. The maximum absolute atomic E-state index is 13.6. The van der Waals surface area contributed by atoms with Crippen molar-refractivity contribution in [3.63, 3.8) is 0 Å². The van der Waals surface area contributed by atoms with Gasteiger partial charge in [-0.05, 0) is 42.8 Å². The summed E-state index contributed by atoms with van der Waals surface area (Å²) in [7, 11) is 1.59. The lowest BCUT2D eigenvalue weighted by atomic mass is 9.98. The maximum Gasteiger partial charge on any atom is 0.142 e. The van der Waals surface area contributed by atoms with Crippen molar-refractivity contribution in [2.24, 2.45) is 0 Å². The molecule has 112 valence electrons. The summed E-state index contributed by atoms with van der Waals surface area (Å²) >= 11 is 6.25. The zero-order valence-electron chi connectivity index (χ0n) is 12.1.